The molecule has 0 spiro atoms. The molecule has 5 heteroatoms. The molecule has 1 aliphatic rings. The molecule has 2 rings (SSSR count). The zero-order valence-corrected chi connectivity index (χ0v) is 13.1. The van der Waals surface area contributed by atoms with Crippen molar-refractivity contribution in [1.29, 1.82) is 0 Å². The average molecular weight is 296 g/mol. The van der Waals surface area contributed by atoms with Crippen LogP contribution in [0.15, 0.2) is 12.1 Å². The van der Waals surface area contributed by atoms with Crippen LogP contribution in [0.4, 0.5) is 4.79 Å². The summed E-state index contributed by atoms with van der Waals surface area (Å²) in [4.78, 5) is 16.2. The Morgan fingerprint density at radius 2 is 2.20 bits per heavy atom. The molecule has 2 atom stereocenters. The second-order valence-electron chi connectivity index (χ2n) is 5.66. The summed E-state index contributed by atoms with van der Waals surface area (Å²) < 4.78 is 0. The van der Waals surface area contributed by atoms with E-state index in [1.54, 1.807) is 23.3 Å². The minimum absolute atomic E-state index is 0.0613. The quantitative estimate of drug-likeness (QED) is 0.897. The lowest BCUT2D eigenvalue weighted by Gasteiger charge is -2.31. The average Bonchev–Trinajstić information content (AvgIpc) is 2.84. The van der Waals surface area contributed by atoms with Gasteiger partial charge in [-0.05, 0) is 31.9 Å². The Kier molecular flexibility index (Phi) is 5.43. The minimum Gasteiger partial charge on any atom is -0.393 e. The molecule has 0 bridgehead atoms. The monoisotopic (exact) mass is 296 g/mol. The number of aryl methyl sites for hydroxylation is 1. The maximum Gasteiger partial charge on any atom is 0.317 e. The van der Waals surface area contributed by atoms with E-state index < -0.39 is 0 Å². The molecule has 1 fully saturated rings. The van der Waals surface area contributed by atoms with Crippen LogP contribution in [0.5, 0.6) is 0 Å². The number of aliphatic hydroxyl groups is 1. The van der Waals surface area contributed by atoms with Crippen LogP contribution in [0, 0.1) is 12.8 Å². The van der Waals surface area contributed by atoms with Crippen molar-refractivity contribution in [3.05, 3.63) is 21.9 Å². The summed E-state index contributed by atoms with van der Waals surface area (Å²) in [6.07, 6.45) is 3.90. The van der Waals surface area contributed by atoms with Crippen molar-refractivity contribution in [2.45, 2.75) is 45.3 Å². The Morgan fingerprint density at radius 3 is 2.85 bits per heavy atom. The Balaban J connectivity index is 1.76. The van der Waals surface area contributed by atoms with Gasteiger partial charge in [-0.25, -0.2) is 4.79 Å². The third kappa shape index (κ3) is 4.21. The van der Waals surface area contributed by atoms with Crippen LogP contribution in [-0.4, -0.2) is 35.7 Å². The maximum atomic E-state index is 12.0. The third-order valence-corrected chi connectivity index (χ3v) is 4.93. The van der Waals surface area contributed by atoms with Gasteiger partial charge in [-0.1, -0.05) is 12.8 Å². The van der Waals surface area contributed by atoms with E-state index in [0.29, 0.717) is 13.1 Å². The minimum atomic E-state index is -0.251. The van der Waals surface area contributed by atoms with E-state index in [9.17, 15) is 9.90 Å². The van der Waals surface area contributed by atoms with Crippen LogP contribution in [0.25, 0.3) is 0 Å². The number of nitrogens with zero attached hydrogens (tertiary/aromatic N) is 1. The van der Waals surface area contributed by atoms with Gasteiger partial charge in [-0.3, -0.25) is 0 Å². The van der Waals surface area contributed by atoms with Gasteiger partial charge >= 0.3 is 6.03 Å². The van der Waals surface area contributed by atoms with Gasteiger partial charge in [0.1, 0.15) is 0 Å². The van der Waals surface area contributed by atoms with Crippen molar-refractivity contribution in [3.8, 4) is 0 Å². The molecule has 1 aromatic rings. The number of aliphatic hydroxyl groups excluding tert-OH is 1. The van der Waals surface area contributed by atoms with Gasteiger partial charge in [-0.2, -0.15) is 0 Å². The summed E-state index contributed by atoms with van der Waals surface area (Å²) in [5.74, 6) is 0.225. The lowest BCUT2D eigenvalue weighted by Crippen LogP contribution is -2.42. The molecule has 0 aliphatic heterocycles. The van der Waals surface area contributed by atoms with Crippen molar-refractivity contribution in [2.75, 3.05) is 13.6 Å². The molecule has 1 aliphatic carbocycles. The molecule has 2 N–H and O–H groups in total. The number of hydrogen-bond acceptors (Lipinski definition) is 3. The number of thiophene rings is 1. The maximum absolute atomic E-state index is 12.0. The highest BCUT2D eigenvalue weighted by Crippen LogP contribution is 2.24. The molecule has 20 heavy (non-hydrogen) atoms. The number of carbonyl (C=O) groups excluding carboxylic acids is 1. The van der Waals surface area contributed by atoms with Crippen LogP contribution in [0.1, 0.15) is 35.4 Å². The Bertz CT molecular complexity index is 447. The highest BCUT2D eigenvalue weighted by molar-refractivity contribution is 7.11. The molecule has 0 unspecified atom stereocenters. The summed E-state index contributed by atoms with van der Waals surface area (Å²) in [6.45, 7) is 3.28. The van der Waals surface area contributed by atoms with Gasteiger partial charge in [0.25, 0.3) is 0 Å². The van der Waals surface area contributed by atoms with E-state index in [1.165, 1.54) is 9.75 Å². The lowest BCUT2D eigenvalue weighted by atomic mass is 9.86. The zero-order valence-electron chi connectivity index (χ0n) is 12.3. The molecular weight excluding hydrogens is 272 g/mol. The number of carbonyl (C=O) groups is 1. The van der Waals surface area contributed by atoms with Crippen LogP contribution >= 0.6 is 11.3 Å². The van der Waals surface area contributed by atoms with E-state index >= 15 is 0 Å². The molecule has 0 radical (unpaired) electrons. The summed E-state index contributed by atoms with van der Waals surface area (Å²) in [7, 11) is 1.80. The third-order valence-electron chi connectivity index (χ3n) is 3.93. The van der Waals surface area contributed by atoms with Crippen LogP contribution in [0.2, 0.25) is 0 Å². The van der Waals surface area contributed by atoms with Crippen molar-refractivity contribution >= 4 is 17.4 Å². The highest BCUT2D eigenvalue weighted by Gasteiger charge is 2.25. The first-order valence-electron chi connectivity index (χ1n) is 7.28. The van der Waals surface area contributed by atoms with Gasteiger partial charge < -0.3 is 15.3 Å². The Hall–Kier alpha value is -1.07. The molecule has 1 saturated carbocycles. The van der Waals surface area contributed by atoms with E-state index in [2.05, 4.69) is 18.3 Å². The first-order valence-corrected chi connectivity index (χ1v) is 8.10. The molecule has 4 nitrogen and oxygen atoms in total. The summed E-state index contributed by atoms with van der Waals surface area (Å²) in [6, 6.07) is 4.05. The van der Waals surface area contributed by atoms with Gasteiger partial charge in [0.15, 0.2) is 0 Å². The lowest BCUT2D eigenvalue weighted by molar-refractivity contribution is 0.0565. The predicted molar refractivity (Wildman–Crippen MR) is 81.9 cm³/mol. The number of amides is 2. The normalized spacial score (nSPS) is 22.6. The van der Waals surface area contributed by atoms with Crippen LogP contribution in [0.3, 0.4) is 0 Å². The largest absolute Gasteiger partial charge is 0.393 e. The van der Waals surface area contributed by atoms with E-state index in [0.717, 1.165) is 25.7 Å². The van der Waals surface area contributed by atoms with E-state index in [1.807, 2.05) is 6.07 Å². The fraction of sp³-hybridized carbons (Fsp3) is 0.667. The van der Waals surface area contributed by atoms with Crippen molar-refractivity contribution in [1.82, 2.24) is 10.2 Å². The molecule has 112 valence electrons. The van der Waals surface area contributed by atoms with E-state index in [4.69, 9.17) is 0 Å². The van der Waals surface area contributed by atoms with Crippen molar-refractivity contribution in [3.63, 3.8) is 0 Å². The summed E-state index contributed by atoms with van der Waals surface area (Å²) >= 11 is 1.70. The second-order valence-corrected chi connectivity index (χ2v) is 7.04. The molecule has 2 amide bonds. The fourth-order valence-corrected chi connectivity index (χ4v) is 3.54. The first kappa shape index (κ1) is 15.3. The smallest absolute Gasteiger partial charge is 0.317 e. The van der Waals surface area contributed by atoms with Crippen molar-refractivity contribution in [2.24, 2.45) is 5.92 Å². The first-order chi connectivity index (χ1) is 9.56. The standard InChI is InChI=1S/C15H24N2O2S/c1-11-7-8-13(20-11)9-16-15(19)17(2)10-12-5-3-4-6-14(12)18/h7-8,12,14,18H,3-6,9-10H2,1-2H3,(H,16,19)/t12-,14+/m0/s1. The van der Waals surface area contributed by atoms with Crippen LogP contribution < -0.4 is 5.32 Å². The predicted octanol–water partition coefficient (Wildman–Crippen LogP) is 2.75. The van der Waals surface area contributed by atoms with Gasteiger partial charge in [0.2, 0.25) is 0 Å². The fourth-order valence-electron chi connectivity index (χ4n) is 2.71. The number of nitrogens with one attached hydrogen (secondary N) is 1. The molecule has 1 heterocycles. The zero-order chi connectivity index (χ0) is 14.5. The Morgan fingerprint density at radius 1 is 1.45 bits per heavy atom. The van der Waals surface area contributed by atoms with Crippen LogP contribution in [-0.2, 0) is 6.54 Å². The van der Waals surface area contributed by atoms with Gasteiger partial charge in [-0.15, -0.1) is 11.3 Å². The van der Waals surface area contributed by atoms with E-state index in [-0.39, 0.29) is 18.1 Å². The molecule has 0 saturated heterocycles. The summed E-state index contributed by atoms with van der Waals surface area (Å²) in [5, 5.41) is 12.9. The van der Waals surface area contributed by atoms with Gasteiger partial charge in [0.05, 0.1) is 12.6 Å². The second kappa shape index (κ2) is 7.09. The molecular formula is C15H24N2O2S. The highest BCUT2D eigenvalue weighted by atomic mass is 32.1. The summed E-state index contributed by atoms with van der Waals surface area (Å²) in [5.41, 5.74) is 0. The van der Waals surface area contributed by atoms with Gasteiger partial charge in [0, 0.05) is 29.3 Å². The SMILES string of the molecule is Cc1ccc(CNC(=O)N(C)C[C@@H]2CCCC[C@H]2O)s1. The number of rotatable bonds is 4. The Labute approximate surface area is 124 Å². The topological polar surface area (TPSA) is 52.6 Å². The number of urea groups is 1. The molecule has 1 aromatic heterocycles. The van der Waals surface area contributed by atoms with Crippen molar-refractivity contribution < 1.29 is 9.90 Å². The number of hydrogen-bond donors (Lipinski definition) is 2. The molecule has 0 aromatic carbocycles.